The Bertz CT molecular complexity index is 442. The maximum atomic E-state index is 8.54. The van der Waals surface area contributed by atoms with E-state index in [1.807, 2.05) is 12.1 Å². The fourth-order valence-electron chi connectivity index (χ4n) is 2.33. The van der Waals surface area contributed by atoms with Crippen LogP contribution >= 0.6 is 23.2 Å². The summed E-state index contributed by atoms with van der Waals surface area (Å²) in [5, 5.41) is 9.90. The van der Waals surface area contributed by atoms with Crippen LogP contribution in [0.5, 0.6) is 0 Å². The number of unbranched alkanes of at least 4 members (excludes halogenated alkanes) is 1. The van der Waals surface area contributed by atoms with Crippen LogP contribution < -0.4 is 4.90 Å². The van der Waals surface area contributed by atoms with Crippen molar-refractivity contribution < 1.29 is 0 Å². The largest absolute Gasteiger partial charge is 0.369 e. The molecule has 1 aliphatic rings. The van der Waals surface area contributed by atoms with Gasteiger partial charge in [0.25, 0.3) is 0 Å². The van der Waals surface area contributed by atoms with E-state index in [9.17, 15) is 0 Å². The van der Waals surface area contributed by atoms with Gasteiger partial charge in [0.05, 0.1) is 6.07 Å². The average molecular weight is 298 g/mol. The number of rotatable bonds is 4. The molecule has 3 nitrogen and oxygen atoms in total. The first-order chi connectivity index (χ1) is 9.19. The van der Waals surface area contributed by atoms with Gasteiger partial charge in [0.15, 0.2) is 0 Å². The van der Waals surface area contributed by atoms with Crippen LogP contribution in [-0.4, -0.2) is 37.6 Å². The van der Waals surface area contributed by atoms with Crippen molar-refractivity contribution >= 4 is 28.9 Å². The molecule has 102 valence electrons. The molecule has 0 amide bonds. The van der Waals surface area contributed by atoms with Gasteiger partial charge in [-0.1, -0.05) is 23.2 Å². The van der Waals surface area contributed by atoms with Gasteiger partial charge in [-0.25, -0.2) is 0 Å². The Balaban J connectivity index is 1.87. The second-order valence-corrected chi connectivity index (χ2v) is 5.59. The van der Waals surface area contributed by atoms with Crippen LogP contribution in [0.2, 0.25) is 10.0 Å². The van der Waals surface area contributed by atoms with Crippen LogP contribution in [0.4, 0.5) is 5.69 Å². The molecule has 5 heteroatoms. The third-order valence-electron chi connectivity index (χ3n) is 3.35. The number of hydrogen-bond donors (Lipinski definition) is 0. The Kier molecular flexibility index (Phi) is 5.33. The summed E-state index contributed by atoms with van der Waals surface area (Å²) in [5.41, 5.74) is 1.09. The lowest BCUT2D eigenvalue weighted by molar-refractivity contribution is 0.256. The van der Waals surface area contributed by atoms with Gasteiger partial charge in [-0.05, 0) is 31.2 Å². The third-order valence-corrected chi connectivity index (χ3v) is 3.78. The highest BCUT2D eigenvalue weighted by Gasteiger charge is 2.17. The first-order valence-corrected chi connectivity index (χ1v) is 7.25. The lowest BCUT2D eigenvalue weighted by Gasteiger charge is -2.36. The summed E-state index contributed by atoms with van der Waals surface area (Å²) in [7, 11) is 0. The zero-order valence-electron chi connectivity index (χ0n) is 10.8. The average Bonchev–Trinajstić information content (AvgIpc) is 2.39. The van der Waals surface area contributed by atoms with E-state index in [0.717, 1.165) is 44.8 Å². The molecule has 0 atom stereocenters. The van der Waals surface area contributed by atoms with E-state index in [0.29, 0.717) is 16.5 Å². The molecule has 1 saturated heterocycles. The summed E-state index contributed by atoms with van der Waals surface area (Å²) >= 11 is 12.1. The molecule has 0 aliphatic carbocycles. The summed E-state index contributed by atoms with van der Waals surface area (Å²) in [5.74, 6) is 0. The second-order valence-electron chi connectivity index (χ2n) is 4.72. The van der Waals surface area contributed by atoms with E-state index in [-0.39, 0.29) is 0 Å². The molecule has 1 aromatic rings. The van der Waals surface area contributed by atoms with Crippen LogP contribution in [0.3, 0.4) is 0 Å². The lowest BCUT2D eigenvalue weighted by atomic mass is 10.2. The van der Waals surface area contributed by atoms with Crippen LogP contribution in [0.1, 0.15) is 12.8 Å². The minimum absolute atomic E-state index is 0.643. The zero-order chi connectivity index (χ0) is 13.7. The van der Waals surface area contributed by atoms with Crippen LogP contribution in [0.15, 0.2) is 18.2 Å². The fraction of sp³-hybridized carbons (Fsp3) is 0.500. The summed E-state index contributed by atoms with van der Waals surface area (Å²) in [6.07, 6.45) is 1.60. The summed E-state index contributed by atoms with van der Waals surface area (Å²) in [6, 6.07) is 7.86. The molecule has 0 saturated carbocycles. The molecule has 0 aromatic heterocycles. The van der Waals surface area contributed by atoms with E-state index in [1.54, 1.807) is 6.07 Å². The van der Waals surface area contributed by atoms with E-state index in [2.05, 4.69) is 15.9 Å². The van der Waals surface area contributed by atoms with Gasteiger partial charge in [-0.2, -0.15) is 5.26 Å². The van der Waals surface area contributed by atoms with Crippen molar-refractivity contribution in [2.24, 2.45) is 0 Å². The van der Waals surface area contributed by atoms with Gasteiger partial charge in [-0.15, -0.1) is 0 Å². The van der Waals surface area contributed by atoms with Gasteiger partial charge in [0.2, 0.25) is 0 Å². The molecule has 1 aromatic carbocycles. The predicted octanol–water partition coefficient (Wildman–Crippen LogP) is 3.42. The van der Waals surface area contributed by atoms with Crippen LogP contribution in [0.25, 0.3) is 0 Å². The quantitative estimate of drug-likeness (QED) is 0.798. The number of nitriles is 1. The minimum atomic E-state index is 0.643. The van der Waals surface area contributed by atoms with Crippen LogP contribution in [0, 0.1) is 11.3 Å². The molecule has 19 heavy (non-hydrogen) atoms. The molecule has 1 heterocycles. The predicted molar refractivity (Wildman–Crippen MR) is 80.0 cm³/mol. The van der Waals surface area contributed by atoms with Crippen molar-refractivity contribution in [2.75, 3.05) is 37.6 Å². The molecule has 1 fully saturated rings. The minimum Gasteiger partial charge on any atom is -0.369 e. The number of halogens is 2. The normalized spacial score (nSPS) is 16.4. The highest BCUT2D eigenvalue weighted by Crippen LogP contribution is 2.26. The van der Waals surface area contributed by atoms with E-state index in [1.165, 1.54) is 0 Å². The van der Waals surface area contributed by atoms with Gasteiger partial charge in [-0.3, -0.25) is 4.90 Å². The molecule has 1 aliphatic heterocycles. The van der Waals surface area contributed by atoms with Gasteiger partial charge in [0, 0.05) is 48.3 Å². The van der Waals surface area contributed by atoms with Gasteiger partial charge < -0.3 is 4.90 Å². The Morgan fingerprint density at radius 1 is 1.05 bits per heavy atom. The molecule has 2 rings (SSSR count). The van der Waals surface area contributed by atoms with Crippen LogP contribution in [-0.2, 0) is 0 Å². The summed E-state index contributed by atoms with van der Waals surface area (Å²) in [4.78, 5) is 4.71. The monoisotopic (exact) mass is 297 g/mol. The summed E-state index contributed by atoms with van der Waals surface area (Å²) in [6.45, 7) is 5.01. The molecule has 0 N–H and O–H groups in total. The second kappa shape index (κ2) is 7.00. The first-order valence-electron chi connectivity index (χ1n) is 6.49. The molecule has 0 bridgehead atoms. The molecule has 0 spiro atoms. The topological polar surface area (TPSA) is 30.3 Å². The van der Waals surface area contributed by atoms with E-state index in [4.69, 9.17) is 28.5 Å². The number of hydrogen-bond acceptors (Lipinski definition) is 3. The van der Waals surface area contributed by atoms with Crippen molar-refractivity contribution in [3.05, 3.63) is 28.2 Å². The third kappa shape index (κ3) is 4.28. The van der Waals surface area contributed by atoms with E-state index >= 15 is 0 Å². The lowest BCUT2D eigenvalue weighted by Crippen LogP contribution is -2.46. The molecule has 0 unspecified atom stereocenters. The van der Waals surface area contributed by atoms with Crippen molar-refractivity contribution in [1.82, 2.24) is 4.90 Å². The number of nitrogens with zero attached hydrogens (tertiary/aromatic N) is 3. The molecule has 0 radical (unpaired) electrons. The maximum Gasteiger partial charge on any atom is 0.0622 e. The Morgan fingerprint density at radius 2 is 1.68 bits per heavy atom. The number of benzene rings is 1. The standard InChI is InChI=1S/C14H17Cl2N3/c15-12-9-13(16)11-14(10-12)19-7-5-18(6-8-19)4-2-1-3-17/h9-11H,1-2,4-8H2. The maximum absolute atomic E-state index is 8.54. The fourth-order valence-corrected chi connectivity index (χ4v) is 2.85. The number of anilines is 1. The zero-order valence-corrected chi connectivity index (χ0v) is 12.3. The smallest absolute Gasteiger partial charge is 0.0622 e. The Labute approximate surface area is 124 Å². The highest BCUT2D eigenvalue weighted by atomic mass is 35.5. The Hall–Kier alpha value is -0.950. The van der Waals surface area contributed by atoms with E-state index < -0.39 is 0 Å². The van der Waals surface area contributed by atoms with Crippen molar-refractivity contribution in [1.29, 1.82) is 5.26 Å². The highest BCUT2D eigenvalue weighted by molar-refractivity contribution is 6.35. The molecular formula is C14H17Cl2N3. The summed E-state index contributed by atoms with van der Waals surface area (Å²) < 4.78 is 0. The SMILES string of the molecule is N#CCCCN1CCN(c2cc(Cl)cc(Cl)c2)CC1. The van der Waals surface area contributed by atoms with Gasteiger partial charge in [0.1, 0.15) is 0 Å². The van der Waals surface area contributed by atoms with Gasteiger partial charge >= 0.3 is 0 Å². The Morgan fingerprint density at radius 3 is 2.26 bits per heavy atom. The van der Waals surface area contributed by atoms with Crippen molar-refractivity contribution in [2.45, 2.75) is 12.8 Å². The van der Waals surface area contributed by atoms with Crippen molar-refractivity contribution in [3.63, 3.8) is 0 Å². The first kappa shape index (κ1) is 14.5. The number of piperazine rings is 1. The van der Waals surface area contributed by atoms with Crippen molar-refractivity contribution in [3.8, 4) is 6.07 Å². The molecular weight excluding hydrogens is 281 g/mol.